The molecule has 2 aromatic carbocycles. The summed E-state index contributed by atoms with van der Waals surface area (Å²) in [6.07, 6.45) is 3.49. The molecule has 0 unspecified atom stereocenters. The van der Waals surface area contributed by atoms with Gasteiger partial charge in [0.25, 0.3) is 5.91 Å². The van der Waals surface area contributed by atoms with Crippen LogP contribution in [0.3, 0.4) is 0 Å². The minimum absolute atomic E-state index is 0.132. The predicted octanol–water partition coefficient (Wildman–Crippen LogP) is 5.21. The van der Waals surface area contributed by atoms with Gasteiger partial charge in [-0.1, -0.05) is 6.07 Å². The number of pyridine rings is 1. The highest BCUT2D eigenvalue weighted by Crippen LogP contribution is 2.29. The first kappa shape index (κ1) is 20.2. The van der Waals surface area contributed by atoms with Crippen LogP contribution in [-0.2, 0) is 0 Å². The summed E-state index contributed by atoms with van der Waals surface area (Å²) in [7, 11) is 0. The fourth-order valence-electron chi connectivity index (χ4n) is 2.90. The molecule has 0 atom stereocenters. The van der Waals surface area contributed by atoms with Gasteiger partial charge in [-0.15, -0.1) is 11.3 Å². The molecule has 0 aliphatic rings. The second kappa shape index (κ2) is 8.76. The molecule has 0 aliphatic heterocycles. The largest absolute Gasteiger partial charge is 0.478 e. The fourth-order valence-corrected chi connectivity index (χ4v) is 3.63. The van der Waals surface area contributed by atoms with Gasteiger partial charge in [0.2, 0.25) is 0 Å². The maximum atomic E-state index is 12.5. The second-order valence-corrected chi connectivity index (χ2v) is 7.63. The Morgan fingerprint density at radius 1 is 1.03 bits per heavy atom. The molecule has 0 spiro atoms. The van der Waals surface area contributed by atoms with Crippen LogP contribution in [0, 0.1) is 6.92 Å². The van der Waals surface area contributed by atoms with Crippen molar-refractivity contribution in [1.29, 1.82) is 0 Å². The number of carboxylic acids is 1. The zero-order valence-corrected chi connectivity index (χ0v) is 17.3. The molecule has 0 saturated carbocycles. The summed E-state index contributed by atoms with van der Waals surface area (Å²) in [5.41, 5.74) is 4.73. The Morgan fingerprint density at radius 2 is 1.81 bits per heavy atom. The number of hydrogen-bond acceptors (Lipinski definition) is 6. The Bertz CT molecular complexity index is 1240. The molecule has 7 nitrogen and oxygen atoms in total. The quantitative estimate of drug-likeness (QED) is 0.388. The van der Waals surface area contributed by atoms with E-state index in [0.717, 1.165) is 27.6 Å². The Balaban J connectivity index is 1.49. The second-order valence-electron chi connectivity index (χ2n) is 6.77. The fraction of sp³-hybridized carbons (Fsp3) is 0.0435. The molecule has 3 N–H and O–H groups in total. The summed E-state index contributed by atoms with van der Waals surface area (Å²) >= 11 is 1.48. The zero-order valence-electron chi connectivity index (χ0n) is 16.5. The standard InChI is InChI=1S/C23H18N4O3S/c1-14-4-9-18(25-21(28)15-5-7-16(8-6-15)22(29)30)11-19(14)26-23-27-20(13-31-23)17-3-2-10-24-12-17/h2-13H,1H3,(H,25,28)(H,26,27)(H,29,30). The van der Waals surface area contributed by atoms with Crippen molar-refractivity contribution in [2.75, 3.05) is 10.6 Å². The topological polar surface area (TPSA) is 104 Å². The van der Waals surface area contributed by atoms with E-state index in [1.165, 1.54) is 35.6 Å². The van der Waals surface area contributed by atoms with E-state index in [-0.39, 0.29) is 11.5 Å². The predicted molar refractivity (Wildman–Crippen MR) is 121 cm³/mol. The normalized spacial score (nSPS) is 10.5. The van der Waals surface area contributed by atoms with Crippen LogP contribution in [0.5, 0.6) is 0 Å². The van der Waals surface area contributed by atoms with Gasteiger partial charge in [0.15, 0.2) is 5.13 Å². The third kappa shape index (κ3) is 4.76. The van der Waals surface area contributed by atoms with Crippen molar-refractivity contribution in [2.24, 2.45) is 0 Å². The molecule has 0 fully saturated rings. The summed E-state index contributed by atoms with van der Waals surface area (Å²) in [5, 5.41) is 17.8. The number of aromatic carboxylic acids is 1. The van der Waals surface area contributed by atoms with Crippen molar-refractivity contribution in [1.82, 2.24) is 9.97 Å². The Kier molecular flexibility index (Phi) is 5.72. The molecule has 4 rings (SSSR count). The van der Waals surface area contributed by atoms with Crippen LogP contribution in [0.15, 0.2) is 72.4 Å². The molecule has 0 saturated heterocycles. The van der Waals surface area contributed by atoms with Crippen LogP contribution in [0.2, 0.25) is 0 Å². The number of aryl methyl sites for hydroxylation is 1. The minimum atomic E-state index is -1.03. The lowest BCUT2D eigenvalue weighted by molar-refractivity contribution is 0.0696. The lowest BCUT2D eigenvalue weighted by atomic mass is 10.1. The van der Waals surface area contributed by atoms with E-state index in [2.05, 4.69) is 20.6 Å². The minimum Gasteiger partial charge on any atom is -0.478 e. The van der Waals surface area contributed by atoms with E-state index in [9.17, 15) is 9.59 Å². The van der Waals surface area contributed by atoms with E-state index < -0.39 is 5.97 Å². The average molecular weight is 430 g/mol. The molecule has 2 heterocycles. The van der Waals surface area contributed by atoms with Crippen molar-refractivity contribution < 1.29 is 14.7 Å². The van der Waals surface area contributed by atoms with E-state index in [1.54, 1.807) is 12.4 Å². The van der Waals surface area contributed by atoms with Crippen LogP contribution in [0.25, 0.3) is 11.3 Å². The molecule has 154 valence electrons. The molecular formula is C23H18N4O3S. The van der Waals surface area contributed by atoms with Gasteiger partial charge >= 0.3 is 5.97 Å². The maximum Gasteiger partial charge on any atom is 0.335 e. The highest BCUT2D eigenvalue weighted by molar-refractivity contribution is 7.14. The summed E-state index contributed by atoms with van der Waals surface area (Å²) in [6, 6.07) is 15.2. The lowest BCUT2D eigenvalue weighted by Gasteiger charge is -2.11. The first-order valence-electron chi connectivity index (χ1n) is 9.38. The third-order valence-corrected chi connectivity index (χ3v) is 5.35. The number of nitrogens with zero attached hydrogens (tertiary/aromatic N) is 2. The van der Waals surface area contributed by atoms with Gasteiger partial charge in [0, 0.05) is 40.3 Å². The summed E-state index contributed by atoms with van der Waals surface area (Å²) in [5.74, 6) is -1.35. The number of rotatable bonds is 6. The first-order valence-corrected chi connectivity index (χ1v) is 10.3. The van der Waals surface area contributed by atoms with Crippen LogP contribution < -0.4 is 10.6 Å². The number of carbonyl (C=O) groups is 2. The summed E-state index contributed by atoms with van der Waals surface area (Å²) in [6.45, 7) is 1.97. The molecule has 1 amide bonds. The van der Waals surface area contributed by atoms with Crippen molar-refractivity contribution in [3.05, 3.63) is 89.1 Å². The summed E-state index contributed by atoms with van der Waals surface area (Å²) in [4.78, 5) is 32.2. The van der Waals surface area contributed by atoms with E-state index in [4.69, 9.17) is 5.11 Å². The van der Waals surface area contributed by atoms with Gasteiger partial charge in [0.1, 0.15) is 0 Å². The maximum absolute atomic E-state index is 12.5. The van der Waals surface area contributed by atoms with Crippen molar-refractivity contribution in [3.63, 3.8) is 0 Å². The number of aromatic nitrogens is 2. The number of nitrogens with one attached hydrogen (secondary N) is 2. The van der Waals surface area contributed by atoms with Crippen LogP contribution in [0.4, 0.5) is 16.5 Å². The summed E-state index contributed by atoms with van der Waals surface area (Å²) < 4.78 is 0. The number of thiazole rings is 1. The molecule has 2 aromatic heterocycles. The zero-order chi connectivity index (χ0) is 21.8. The first-order chi connectivity index (χ1) is 15.0. The molecule has 0 bridgehead atoms. The van der Waals surface area contributed by atoms with Gasteiger partial charge in [-0.2, -0.15) is 0 Å². The highest BCUT2D eigenvalue weighted by atomic mass is 32.1. The number of carboxylic acid groups (broad SMARTS) is 1. The molecular weight excluding hydrogens is 412 g/mol. The molecule has 0 radical (unpaired) electrons. The smallest absolute Gasteiger partial charge is 0.335 e. The molecule has 4 aromatic rings. The molecule has 8 heteroatoms. The number of amides is 1. The van der Waals surface area contributed by atoms with E-state index in [0.29, 0.717) is 11.3 Å². The van der Waals surface area contributed by atoms with Crippen LogP contribution in [0.1, 0.15) is 26.3 Å². The van der Waals surface area contributed by atoms with Gasteiger partial charge in [0.05, 0.1) is 11.3 Å². The van der Waals surface area contributed by atoms with Gasteiger partial charge in [-0.25, -0.2) is 9.78 Å². The van der Waals surface area contributed by atoms with Crippen molar-refractivity contribution >= 4 is 39.7 Å². The average Bonchev–Trinajstić information content (AvgIpc) is 3.25. The lowest BCUT2D eigenvalue weighted by Crippen LogP contribution is -2.12. The molecule has 0 aliphatic carbocycles. The van der Waals surface area contributed by atoms with Gasteiger partial charge in [-0.05, 0) is 61.0 Å². The van der Waals surface area contributed by atoms with Gasteiger partial charge < -0.3 is 15.7 Å². The van der Waals surface area contributed by atoms with Crippen LogP contribution in [-0.4, -0.2) is 27.0 Å². The number of carbonyl (C=O) groups excluding carboxylic acids is 1. The van der Waals surface area contributed by atoms with E-state index >= 15 is 0 Å². The number of benzene rings is 2. The Morgan fingerprint density at radius 3 is 2.52 bits per heavy atom. The Hall–Kier alpha value is -4.04. The van der Waals surface area contributed by atoms with E-state index in [1.807, 2.05) is 42.6 Å². The number of hydrogen-bond donors (Lipinski definition) is 3. The SMILES string of the molecule is Cc1ccc(NC(=O)c2ccc(C(=O)O)cc2)cc1Nc1nc(-c2cccnc2)cs1. The number of anilines is 3. The third-order valence-electron chi connectivity index (χ3n) is 4.59. The molecule has 31 heavy (non-hydrogen) atoms. The van der Waals surface area contributed by atoms with Crippen molar-refractivity contribution in [3.8, 4) is 11.3 Å². The van der Waals surface area contributed by atoms with Gasteiger partial charge in [-0.3, -0.25) is 9.78 Å². The monoisotopic (exact) mass is 430 g/mol. The van der Waals surface area contributed by atoms with Crippen LogP contribution >= 0.6 is 11.3 Å². The van der Waals surface area contributed by atoms with Crippen molar-refractivity contribution in [2.45, 2.75) is 6.92 Å². The highest BCUT2D eigenvalue weighted by Gasteiger charge is 2.11. The Labute approximate surface area is 182 Å².